The lowest BCUT2D eigenvalue weighted by atomic mass is 10.0. The van der Waals surface area contributed by atoms with Crippen LogP contribution in [-0.4, -0.2) is 47.4 Å². The zero-order valence-electron chi connectivity index (χ0n) is 51.5. The van der Waals surface area contributed by atoms with Gasteiger partial charge in [0.25, 0.3) is 0 Å². The number of hydrogen-bond donors (Lipinski definition) is 3. The first-order valence-electron chi connectivity index (χ1n) is 34.6. The van der Waals surface area contributed by atoms with Gasteiger partial charge in [0.05, 0.1) is 25.4 Å². The predicted molar refractivity (Wildman–Crippen MR) is 333 cm³/mol. The Morgan fingerprint density at radius 3 is 1.05 bits per heavy atom. The van der Waals surface area contributed by atoms with Gasteiger partial charge in [-0.1, -0.05) is 346 Å². The third kappa shape index (κ3) is 61.6. The van der Waals surface area contributed by atoms with E-state index >= 15 is 0 Å². The van der Waals surface area contributed by atoms with Gasteiger partial charge in [0, 0.05) is 12.8 Å². The molecular weight excluding hydrogens is 935 g/mol. The summed E-state index contributed by atoms with van der Waals surface area (Å²) in [6.07, 6.45) is 82.5. The van der Waals surface area contributed by atoms with E-state index in [2.05, 4.69) is 43.5 Å². The van der Waals surface area contributed by atoms with E-state index in [1.807, 2.05) is 0 Å². The number of allylic oxidation sites excluding steroid dienone is 4. The zero-order chi connectivity index (χ0) is 55.0. The highest BCUT2D eigenvalue weighted by Gasteiger charge is 2.20. The number of carbonyl (C=O) groups is 2. The average Bonchev–Trinajstić information content (AvgIpc) is 3.42. The van der Waals surface area contributed by atoms with Crippen molar-refractivity contribution < 1.29 is 24.5 Å². The molecule has 76 heavy (non-hydrogen) atoms. The smallest absolute Gasteiger partial charge is 0.305 e. The van der Waals surface area contributed by atoms with E-state index in [-0.39, 0.29) is 18.5 Å². The molecule has 2 atom stereocenters. The minimum Gasteiger partial charge on any atom is -0.466 e. The van der Waals surface area contributed by atoms with E-state index in [9.17, 15) is 19.8 Å². The van der Waals surface area contributed by atoms with Gasteiger partial charge in [0.15, 0.2) is 0 Å². The molecule has 0 aromatic carbocycles. The topological polar surface area (TPSA) is 95.9 Å². The first-order chi connectivity index (χ1) is 37.5. The summed E-state index contributed by atoms with van der Waals surface area (Å²) in [4.78, 5) is 24.5. The average molecular weight is 1070 g/mol. The van der Waals surface area contributed by atoms with E-state index < -0.39 is 12.1 Å². The highest BCUT2D eigenvalue weighted by atomic mass is 16.5. The summed E-state index contributed by atoms with van der Waals surface area (Å²) in [7, 11) is 0. The molecule has 0 rings (SSSR count). The van der Waals surface area contributed by atoms with Crippen molar-refractivity contribution in [2.75, 3.05) is 13.2 Å². The SMILES string of the molecule is CCC/C=C\C/C=C\CCCCCCCC(=O)OCCCCCCCCCCCCCCCCCCCCCCCCCCCCCCCCCCCCCC(=O)NC(CO)C(O)CCCCCCCCCCCCC. The van der Waals surface area contributed by atoms with Gasteiger partial charge in [-0.3, -0.25) is 9.59 Å². The van der Waals surface area contributed by atoms with Crippen LogP contribution in [-0.2, 0) is 14.3 Å². The Hall–Kier alpha value is -1.66. The molecule has 0 fully saturated rings. The maximum atomic E-state index is 12.5. The minimum absolute atomic E-state index is 0.00747. The van der Waals surface area contributed by atoms with Crippen molar-refractivity contribution in [3.8, 4) is 0 Å². The molecule has 1 amide bonds. The van der Waals surface area contributed by atoms with Crippen LogP contribution in [0, 0.1) is 0 Å². The monoisotopic (exact) mass is 1070 g/mol. The van der Waals surface area contributed by atoms with Crippen LogP contribution in [0.25, 0.3) is 0 Å². The van der Waals surface area contributed by atoms with Gasteiger partial charge in [-0.05, 0) is 51.4 Å². The maximum absolute atomic E-state index is 12.5. The number of aliphatic hydroxyl groups excluding tert-OH is 2. The quantitative estimate of drug-likeness (QED) is 0.0320. The standard InChI is InChI=1S/C70H135NO5/c1-3-5-7-9-11-13-15-39-44-48-52-56-60-64-70(75)76-65-61-57-53-49-45-41-38-36-34-32-30-28-26-24-22-20-18-16-17-19-21-23-25-27-29-31-33-35-37-40-43-47-51-55-59-63-69(74)71-67(66-72)68(73)62-58-54-50-46-42-14-12-10-8-6-4-2/h7,9,13,15,67-68,72-73H,3-6,8,10-12,14,16-66H2,1-2H3,(H,71,74)/b9-7-,15-13-. The van der Waals surface area contributed by atoms with Crippen molar-refractivity contribution in [2.24, 2.45) is 0 Å². The van der Waals surface area contributed by atoms with E-state index in [0.717, 1.165) is 51.4 Å². The number of carbonyl (C=O) groups excluding carboxylic acids is 2. The first-order valence-corrected chi connectivity index (χ1v) is 34.6. The second-order valence-corrected chi connectivity index (χ2v) is 23.9. The molecule has 6 nitrogen and oxygen atoms in total. The molecule has 0 aromatic rings. The minimum atomic E-state index is -0.658. The van der Waals surface area contributed by atoms with Gasteiger partial charge in [-0.2, -0.15) is 0 Å². The molecule has 0 aromatic heterocycles. The summed E-state index contributed by atoms with van der Waals surface area (Å²) in [6.45, 7) is 4.90. The molecule has 0 spiro atoms. The summed E-state index contributed by atoms with van der Waals surface area (Å²) in [5, 5.41) is 23.2. The predicted octanol–water partition coefficient (Wildman–Crippen LogP) is 22.1. The summed E-state index contributed by atoms with van der Waals surface area (Å²) < 4.78 is 5.48. The summed E-state index contributed by atoms with van der Waals surface area (Å²) in [5.41, 5.74) is 0. The molecule has 3 N–H and O–H groups in total. The third-order valence-electron chi connectivity index (χ3n) is 16.2. The van der Waals surface area contributed by atoms with Crippen molar-refractivity contribution in [1.29, 1.82) is 0 Å². The largest absolute Gasteiger partial charge is 0.466 e. The number of esters is 1. The van der Waals surface area contributed by atoms with Crippen molar-refractivity contribution in [3.05, 3.63) is 24.3 Å². The van der Waals surface area contributed by atoms with Gasteiger partial charge in [0.1, 0.15) is 0 Å². The van der Waals surface area contributed by atoms with E-state index in [1.165, 1.54) is 302 Å². The Morgan fingerprint density at radius 1 is 0.368 bits per heavy atom. The van der Waals surface area contributed by atoms with Gasteiger partial charge < -0.3 is 20.3 Å². The molecular formula is C70H135NO5. The van der Waals surface area contributed by atoms with Gasteiger partial charge in [-0.25, -0.2) is 0 Å². The summed E-state index contributed by atoms with van der Waals surface area (Å²) >= 11 is 0. The Bertz CT molecular complexity index is 1190. The third-order valence-corrected chi connectivity index (χ3v) is 16.2. The normalized spacial score (nSPS) is 12.6. The zero-order valence-corrected chi connectivity index (χ0v) is 51.5. The second kappa shape index (κ2) is 65.9. The van der Waals surface area contributed by atoms with Gasteiger partial charge >= 0.3 is 5.97 Å². The van der Waals surface area contributed by atoms with Crippen LogP contribution in [0.4, 0.5) is 0 Å². The van der Waals surface area contributed by atoms with Crippen molar-refractivity contribution in [1.82, 2.24) is 5.32 Å². The Balaban J connectivity index is 3.28. The van der Waals surface area contributed by atoms with Crippen LogP contribution < -0.4 is 5.32 Å². The molecule has 450 valence electrons. The van der Waals surface area contributed by atoms with Crippen LogP contribution in [0.1, 0.15) is 386 Å². The van der Waals surface area contributed by atoms with Crippen LogP contribution >= 0.6 is 0 Å². The van der Waals surface area contributed by atoms with Crippen molar-refractivity contribution in [2.45, 2.75) is 398 Å². The summed E-state index contributed by atoms with van der Waals surface area (Å²) in [5.74, 6) is -0.0213. The Kier molecular flexibility index (Phi) is 64.4. The Labute approximate surface area is 475 Å². The number of amides is 1. The fourth-order valence-corrected chi connectivity index (χ4v) is 11.0. The number of ether oxygens (including phenoxy) is 1. The van der Waals surface area contributed by atoms with E-state index in [0.29, 0.717) is 25.9 Å². The lowest BCUT2D eigenvalue weighted by Crippen LogP contribution is -2.45. The first kappa shape index (κ1) is 74.3. The van der Waals surface area contributed by atoms with Crippen LogP contribution in [0.3, 0.4) is 0 Å². The Morgan fingerprint density at radius 2 is 0.684 bits per heavy atom. The molecule has 0 heterocycles. The highest BCUT2D eigenvalue weighted by molar-refractivity contribution is 5.76. The highest BCUT2D eigenvalue weighted by Crippen LogP contribution is 2.19. The van der Waals surface area contributed by atoms with Crippen LogP contribution in [0.2, 0.25) is 0 Å². The number of rotatable bonds is 65. The fraction of sp³-hybridized carbons (Fsp3) is 0.914. The summed E-state index contributed by atoms with van der Waals surface area (Å²) in [6, 6.07) is -0.535. The number of aliphatic hydroxyl groups is 2. The fourth-order valence-electron chi connectivity index (χ4n) is 11.0. The van der Waals surface area contributed by atoms with Crippen molar-refractivity contribution in [3.63, 3.8) is 0 Å². The number of unbranched alkanes of at least 4 members (excludes halogenated alkanes) is 50. The molecule has 6 heteroatoms. The van der Waals surface area contributed by atoms with Crippen LogP contribution in [0.5, 0.6) is 0 Å². The van der Waals surface area contributed by atoms with Crippen LogP contribution in [0.15, 0.2) is 24.3 Å². The van der Waals surface area contributed by atoms with Crippen molar-refractivity contribution >= 4 is 11.9 Å². The van der Waals surface area contributed by atoms with E-state index in [4.69, 9.17) is 4.74 Å². The maximum Gasteiger partial charge on any atom is 0.305 e. The second-order valence-electron chi connectivity index (χ2n) is 23.9. The number of hydrogen-bond acceptors (Lipinski definition) is 5. The van der Waals surface area contributed by atoms with E-state index in [1.54, 1.807) is 0 Å². The molecule has 0 aliphatic rings. The molecule has 0 saturated carbocycles. The lowest BCUT2D eigenvalue weighted by Gasteiger charge is -2.22. The molecule has 0 bridgehead atoms. The molecule has 0 aliphatic carbocycles. The molecule has 0 radical (unpaired) electrons. The van der Waals surface area contributed by atoms with Gasteiger partial charge in [-0.15, -0.1) is 0 Å². The molecule has 0 aliphatic heterocycles. The van der Waals surface area contributed by atoms with Gasteiger partial charge in [0.2, 0.25) is 5.91 Å². The lowest BCUT2D eigenvalue weighted by molar-refractivity contribution is -0.143. The number of nitrogens with one attached hydrogen (secondary N) is 1. The molecule has 0 saturated heterocycles. The molecule has 2 unspecified atom stereocenters.